The van der Waals surface area contributed by atoms with Crippen LogP contribution in [0.1, 0.15) is 24.8 Å². The van der Waals surface area contributed by atoms with Gasteiger partial charge in [-0.3, -0.25) is 0 Å². The van der Waals surface area contributed by atoms with Gasteiger partial charge in [-0.05, 0) is 24.8 Å². The highest BCUT2D eigenvalue weighted by molar-refractivity contribution is 8.06. The Kier molecular flexibility index (Phi) is 3.61. The lowest BCUT2D eigenvalue weighted by atomic mass is 10.1. The molecule has 96 valence electrons. The molecule has 0 amide bonds. The van der Waals surface area contributed by atoms with Crippen LogP contribution in [0.2, 0.25) is 0 Å². The first-order chi connectivity index (χ1) is 9.36. The minimum atomic E-state index is 0.932. The molecule has 0 atom stereocenters. The number of rotatable bonds is 2. The summed E-state index contributed by atoms with van der Waals surface area (Å²) >= 11 is 1.78. The molecule has 0 unspecified atom stereocenters. The number of hydrogen-bond donors (Lipinski definition) is 0. The van der Waals surface area contributed by atoms with Gasteiger partial charge in [0, 0.05) is 24.1 Å². The summed E-state index contributed by atoms with van der Waals surface area (Å²) < 4.78 is 0. The SMILES string of the molecule is N#CC1=C2SC(Cc3ccccc3)=CN2CCCC1. The minimum Gasteiger partial charge on any atom is -0.341 e. The molecule has 1 aromatic carbocycles. The van der Waals surface area contributed by atoms with Gasteiger partial charge in [-0.25, -0.2) is 0 Å². The van der Waals surface area contributed by atoms with E-state index in [-0.39, 0.29) is 0 Å². The van der Waals surface area contributed by atoms with E-state index in [0.717, 1.165) is 31.4 Å². The number of hydrogen-bond acceptors (Lipinski definition) is 3. The second-order valence-electron chi connectivity index (χ2n) is 4.91. The van der Waals surface area contributed by atoms with Crippen molar-refractivity contribution in [1.29, 1.82) is 5.26 Å². The summed E-state index contributed by atoms with van der Waals surface area (Å²) in [5, 5.41) is 10.4. The fourth-order valence-corrected chi connectivity index (χ4v) is 3.72. The van der Waals surface area contributed by atoms with E-state index < -0.39 is 0 Å². The van der Waals surface area contributed by atoms with Crippen molar-refractivity contribution in [3.63, 3.8) is 0 Å². The first-order valence-corrected chi connectivity index (χ1v) is 7.51. The monoisotopic (exact) mass is 268 g/mol. The second kappa shape index (κ2) is 5.54. The van der Waals surface area contributed by atoms with Crippen LogP contribution in [0.5, 0.6) is 0 Å². The zero-order valence-electron chi connectivity index (χ0n) is 10.8. The largest absolute Gasteiger partial charge is 0.341 e. The normalized spacial score (nSPS) is 18.7. The maximum atomic E-state index is 9.27. The summed E-state index contributed by atoms with van der Waals surface area (Å²) in [5.41, 5.74) is 2.29. The van der Waals surface area contributed by atoms with Gasteiger partial charge in [0.2, 0.25) is 0 Å². The van der Waals surface area contributed by atoms with E-state index in [1.165, 1.54) is 21.9 Å². The van der Waals surface area contributed by atoms with Crippen LogP contribution < -0.4 is 0 Å². The Morgan fingerprint density at radius 1 is 1.21 bits per heavy atom. The first kappa shape index (κ1) is 12.4. The number of allylic oxidation sites excluding steroid dienone is 2. The van der Waals surface area contributed by atoms with Crippen molar-refractivity contribution in [2.24, 2.45) is 0 Å². The molecular weight excluding hydrogens is 252 g/mol. The summed E-state index contributed by atoms with van der Waals surface area (Å²) in [7, 11) is 0. The fourth-order valence-electron chi connectivity index (χ4n) is 2.52. The highest BCUT2D eigenvalue weighted by Crippen LogP contribution is 2.42. The molecule has 3 heteroatoms. The van der Waals surface area contributed by atoms with Crippen LogP contribution >= 0.6 is 11.8 Å². The predicted molar refractivity (Wildman–Crippen MR) is 79.0 cm³/mol. The number of thioether (sulfide) groups is 1. The molecule has 19 heavy (non-hydrogen) atoms. The fraction of sp³-hybridized carbons (Fsp3) is 0.312. The van der Waals surface area contributed by atoms with Crippen LogP contribution in [0.4, 0.5) is 0 Å². The molecule has 0 spiro atoms. The molecule has 0 bridgehead atoms. The topological polar surface area (TPSA) is 27.0 Å². The first-order valence-electron chi connectivity index (χ1n) is 6.69. The summed E-state index contributed by atoms with van der Waals surface area (Å²) in [4.78, 5) is 3.62. The lowest BCUT2D eigenvalue weighted by Gasteiger charge is -2.14. The smallest absolute Gasteiger partial charge is 0.0974 e. The van der Waals surface area contributed by atoms with Gasteiger partial charge >= 0.3 is 0 Å². The van der Waals surface area contributed by atoms with E-state index in [0.29, 0.717) is 0 Å². The lowest BCUT2D eigenvalue weighted by molar-refractivity contribution is 0.488. The van der Waals surface area contributed by atoms with Gasteiger partial charge in [0.1, 0.15) is 0 Å². The van der Waals surface area contributed by atoms with Gasteiger partial charge < -0.3 is 4.90 Å². The summed E-state index contributed by atoms with van der Waals surface area (Å²) in [5.74, 6) is 0. The maximum Gasteiger partial charge on any atom is 0.0974 e. The standard InChI is InChI=1S/C16H16N2S/c17-11-14-8-4-5-9-18-12-15(19-16(14)18)10-13-6-2-1-3-7-13/h1-3,6-7,12H,4-5,8-10H2. The second-order valence-corrected chi connectivity index (χ2v) is 6.02. The van der Waals surface area contributed by atoms with E-state index >= 15 is 0 Å². The van der Waals surface area contributed by atoms with Gasteiger partial charge in [0.05, 0.1) is 16.7 Å². The zero-order valence-corrected chi connectivity index (χ0v) is 11.6. The Labute approximate surface area is 118 Å². The molecular formula is C16H16N2S. The Balaban J connectivity index is 1.80. The number of nitriles is 1. The van der Waals surface area contributed by atoms with Crippen LogP contribution in [0.15, 0.2) is 52.0 Å². The molecule has 3 rings (SSSR count). The van der Waals surface area contributed by atoms with E-state index in [4.69, 9.17) is 0 Å². The van der Waals surface area contributed by atoms with Crippen molar-refractivity contribution < 1.29 is 0 Å². The van der Waals surface area contributed by atoms with Gasteiger partial charge in [-0.2, -0.15) is 5.26 Å². The third kappa shape index (κ3) is 2.69. The molecule has 0 saturated heterocycles. The Morgan fingerprint density at radius 3 is 2.84 bits per heavy atom. The average Bonchev–Trinajstić information content (AvgIpc) is 2.73. The molecule has 0 saturated carbocycles. The van der Waals surface area contributed by atoms with Gasteiger partial charge in [-0.15, -0.1) is 0 Å². The van der Waals surface area contributed by atoms with Crippen molar-refractivity contribution in [3.05, 3.63) is 57.6 Å². The third-order valence-electron chi connectivity index (χ3n) is 3.48. The van der Waals surface area contributed by atoms with Crippen molar-refractivity contribution >= 4 is 11.8 Å². The number of benzene rings is 1. The molecule has 0 radical (unpaired) electrons. The van der Waals surface area contributed by atoms with Gasteiger partial charge in [0.15, 0.2) is 0 Å². The molecule has 0 fully saturated rings. The third-order valence-corrected chi connectivity index (χ3v) is 4.66. The van der Waals surface area contributed by atoms with Crippen LogP contribution in [-0.2, 0) is 6.42 Å². The average molecular weight is 268 g/mol. The Hall–Kier alpha value is -1.66. The van der Waals surface area contributed by atoms with Crippen molar-refractivity contribution in [3.8, 4) is 6.07 Å². The van der Waals surface area contributed by atoms with E-state index in [9.17, 15) is 5.26 Å². The Bertz CT molecular complexity index is 566. The quantitative estimate of drug-likeness (QED) is 0.810. The maximum absolute atomic E-state index is 9.27. The van der Waals surface area contributed by atoms with Crippen molar-refractivity contribution in [2.45, 2.75) is 25.7 Å². The summed E-state index contributed by atoms with van der Waals surface area (Å²) in [6.07, 6.45) is 6.43. The molecule has 0 aromatic heterocycles. The van der Waals surface area contributed by atoms with Crippen molar-refractivity contribution in [1.82, 2.24) is 4.90 Å². The highest BCUT2D eigenvalue weighted by atomic mass is 32.2. The van der Waals surface area contributed by atoms with E-state index in [2.05, 4.69) is 41.4 Å². The molecule has 2 aliphatic heterocycles. The van der Waals surface area contributed by atoms with Gasteiger partial charge in [-0.1, -0.05) is 42.1 Å². The van der Waals surface area contributed by atoms with Crippen LogP contribution in [0.3, 0.4) is 0 Å². The number of nitrogens with zero attached hydrogens (tertiary/aromatic N) is 2. The predicted octanol–water partition coefficient (Wildman–Crippen LogP) is 4.04. The number of fused-ring (bicyclic) bond motifs is 1. The molecule has 2 heterocycles. The molecule has 2 nitrogen and oxygen atoms in total. The lowest BCUT2D eigenvalue weighted by Crippen LogP contribution is -2.12. The Morgan fingerprint density at radius 2 is 2.05 bits per heavy atom. The highest BCUT2D eigenvalue weighted by Gasteiger charge is 2.24. The van der Waals surface area contributed by atoms with Crippen LogP contribution in [0.25, 0.3) is 0 Å². The molecule has 0 aliphatic carbocycles. The minimum absolute atomic E-state index is 0.932. The zero-order chi connectivity index (χ0) is 13.1. The molecule has 0 N–H and O–H groups in total. The van der Waals surface area contributed by atoms with Crippen molar-refractivity contribution in [2.75, 3.05) is 6.54 Å². The van der Waals surface area contributed by atoms with Gasteiger partial charge in [0.25, 0.3) is 0 Å². The molecule has 2 aliphatic rings. The van der Waals surface area contributed by atoms with Crippen LogP contribution in [-0.4, -0.2) is 11.4 Å². The summed E-state index contributed by atoms with van der Waals surface area (Å²) in [6, 6.07) is 12.9. The summed E-state index contributed by atoms with van der Waals surface area (Å²) in [6.45, 7) is 1.05. The van der Waals surface area contributed by atoms with Crippen LogP contribution in [0, 0.1) is 11.3 Å². The van der Waals surface area contributed by atoms with E-state index in [1.54, 1.807) is 11.8 Å². The van der Waals surface area contributed by atoms with E-state index in [1.807, 2.05) is 6.07 Å². The molecule has 1 aromatic rings.